The minimum atomic E-state index is 0.795. The van der Waals surface area contributed by atoms with E-state index in [1.165, 1.54) is 57.2 Å². The molecule has 0 aromatic heterocycles. The van der Waals surface area contributed by atoms with Crippen LogP contribution in [-0.2, 0) is 0 Å². The highest BCUT2D eigenvalue weighted by Gasteiger charge is 2.22. The van der Waals surface area contributed by atoms with Gasteiger partial charge in [-0.15, -0.1) is 0 Å². The van der Waals surface area contributed by atoms with Gasteiger partial charge in [0, 0.05) is 11.3 Å². The number of rotatable bonds is 6. The highest BCUT2D eigenvalue weighted by atomic mass is 32.2. The van der Waals surface area contributed by atoms with E-state index in [2.05, 4.69) is 30.9 Å². The van der Waals surface area contributed by atoms with Crippen LogP contribution in [0.2, 0.25) is 0 Å². The second-order valence-corrected chi connectivity index (χ2v) is 5.95. The molecule has 90 valence electrons. The molecule has 0 saturated heterocycles. The van der Waals surface area contributed by atoms with Gasteiger partial charge in [0.25, 0.3) is 0 Å². The lowest BCUT2D eigenvalue weighted by Gasteiger charge is -2.25. The normalized spacial score (nSPS) is 27.6. The summed E-state index contributed by atoms with van der Waals surface area (Å²) in [7, 11) is 0. The maximum absolute atomic E-state index is 3.75. The summed E-state index contributed by atoms with van der Waals surface area (Å²) < 4.78 is 0. The Hall–Kier alpha value is 0.310. The third-order valence-electron chi connectivity index (χ3n) is 3.15. The van der Waals surface area contributed by atoms with Crippen LogP contribution in [0.3, 0.4) is 0 Å². The lowest BCUT2D eigenvalue weighted by Crippen LogP contribution is -2.38. The summed E-state index contributed by atoms with van der Waals surface area (Å²) in [5.74, 6) is 1.34. The van der Waals surface area contributed by atoms with E-state index < -0.39 is 0 Å². The van der Waals surface area contributed by atoms with Gasteiger partial charge in [0.2, 0.25) is 0 Å². The monoisotopic (exact) mass is 229 g/mol. The third-order valence-corrected chi connectivity index (χ3v) is 4.78. The van der Waals surface area contributed by atoms with Crippen molar-refractivity contribution < 1.29 is 0 Å². The molecule has 1 rings (SSSR count). The van der Waals surface area contributed by atoms with Crippen molar-refractivity contribution in [3.63, 3.8) is 0 Å². The van der Waals surface area contributed by atoms with E-state index in [4.69, 9.17) is 0 Å². The van der Waals surface area contributed by atoms with Gasteiger partial charge in [0.1, 0.15) is 0 Å². The van der Waals surface area contributed by atoms with Crippen molar-refractivity contribution >= 4 is 11.8 Å². The summed E-state index contributed by atoms with van der Waals surface area (Å²) in [6.45, 7) is 5.75. The molecular formula is C13H27NS. The van der Waals surface area contributed by atoms with E-state index in [1.54, 1.807) is 0 Å². The van der Waals surface area contributed by atoms with Gasteiger partial charge in [-0.3, -0.25) is 0 Å². The van der Waals surface area contributed by atoms with E-state index >= 15 is 0 Å². The minimum Gasteiger partial charge on any atom is -0.313 e. The van der Waals surface area contributed by atoms with E-state index in [-0.39, 0.29) is 0 Å². The minimum absolute atomic E-state index is 0.795. The summed E-state index contributed by atoms with van der Waals surface area (Å²) in [6, 6.07) is 0.795. The summed E-state index contributed by atoms with van der Waals surface area (Å²) >= 11 is 2.21. The lowest BCUT2D eigenvalue weighted by molar-refractivity contribution is 0.470. The van der Waals surface area contributed by atoms with Crippen LogP contribution in [0.15, 0.2) is 0 Å². The van der Waals surface area contributed by atoms with Crippen molar-refractivity contribution in [3.8, 4) is 0 Å². The smallest absolute Gasteiger partial charge is 0.0201 e. The average Bonchev–Trinajstić information content (AvgIpc) is 2.48. The summed E-state index contributed by atoms with van der Waals surface area (Å²) in [4.78, 5) is 0. The predicted octanol–water partition coefficient (Wildman–Crippen LogP) is 3.83. The molecule has 0 amide bonds. The first-order valence-corrected chi connectivity index (χ1v) is 7.78. The first-order chi connectivity index (χ1) is 7.38. The molecule has 1 fully saturated rings. The zero-order valence-electron chi connectivity index (χ0n) is 10.4. The van der Waals surface area contributed by atoms with Crippen LogP contribution in [-0.4, -0.2) is 23.6 Å². The van der Waals surface area contributed by atoms with Gasteiger partial charge in [-0.05, 0) is 38.0 Å². The van der Waals surface area contributed by atoms with Gasteiger partial charge in [0.15, 0.2) is 0 Å². The number of hydrogen-bond donors (Lipinski definition) is 1. The van der Waals surface area contributed by atoms with Crippen LogP contribution in [0.5, 0.6) is 0 Å². The Morgan fingerprint density at radius 1 is 1.07 bits per heavy atom. The maximum atomic E-state index is 3.75. The Morgan fingerprint density at radius 3 is 2.60 bits per heavy atom. The van der Waals surface area contributed by atoms with Crippen LogP contribution in [0.4, 0.5) is 0 Å². The molecule has 0 aliphatic heterocycles. The van der Waals surface area contributed by atoms with Crippen LogP contribution >= 0.6 is 11.8 Å². The fraction of sp³-hybridized carbons (Fsp3) is 1.00. The van der Waals surface area contributed by atoms with Gasteiger partial charge in [-0.25, -0.2) is 0 Å². The molecule has 0 spiro atoms. The summed E-state index contributed by atoms with van der Waals surface area (Å²) in [5, 5.41) is 4.64. The second-order valence-electron chi connectivity index (χ2n) is 4.61. The highest BCUT2D eigenvalue weighted by Crippen LogP contribution is 2.28. The molecule has 0 aromatic rings. The zero-order valence-corrected chi connectivity index (χ0v) is 11.2. The van der Waals surface area contributed by atoms with Crippen LogP contribution in [0.1, 0.15) is 58.8 Å². The van der Waals surface area contributed by atoms with Crippen LogP contribution < -0.4 is 5.32 Å². The van der Waals surface area contributed by atoms with E-state index in [9.17, 15) is 0 Å². The van der Waals surface area contributed by atoms with Crippen LogP contribution in [0, 0.1) is 0 Å². The van der Waals surface area contributed by atoms with Crippen molar-refractivity contribution in [1.29, 1.82) is 0 Å². The summed E-state index contributed by atoms with van der Waals surface area (Å²) in [5.41, 5.74) is 0. The van der Waals surface area contributed by atoms with E-state index in [0.717, 1.165) is 11.3 Å². The van der Waals surface area contributed by atoms with Gasteiger partial charge in [0.05, 0.1) is 0 Å². The Balaban J connectivity index is 2.35. The maximum Gasteiger partial charge on any atom is 0.0201 e. The van der Waals surface area contributed by atoms with Gasteiger partial charge in [-0.2, -0.15) is 11.8 Å². The Bertz CT molecular complexity index is 133. The largest absolute Gasteiger partial charge is 0.313 e. The van der Waals surface area contributed by atoms with Gasteiger partial charge in [-0.1, -0.05) is 33.1 Å². The molecule has 2 unspecified atom stereocenters. The van der Waals surface area contributed by atoms with Crippen molar-refractivity contribution in [3.05, 3.63) is 0 Å². The Kier molecular flexibility index (Phi) is 7.54. The fourth-order valence-corrected chi connectivity index (χ4v) is 3.64. The molecule has 1 aliphatic rings. The number of thioether (sulfide) groups is 1. The molecule has 15 heavy (non-hydrogen) atoms. The summed E-state index contributed by atoms with van der Waals surface area (Å²) in [6.07, 6.45) is 9.76. The lowest BCUT2D eigenvalue weighted by atomic mass is 10.1. The second kappa shape index (κ2) is 8.46. The van der Waals surface area contributed by atoms with Gasteiger partial charge < -0.3 is 5.32 Å². The molecule has 1 N–H and O–H groups in total. The predicted molar refractivity (Wildman–Crippen MR) is 71.7 cm³/mol. The molecule has 2 heteroatoms. The standard InChI is InChI=1S/C13H27NS/c1-3-10-14-12-8-6-5-7-9-13(12)15-11-4-2/h12-14H,3-11H2,1-2H3. The zero-order chi connectivity index (χ0) is 10.9. The molecule has 1 saturated carbocycles. The number of nitrogens with one attached hydrogen (secondary N) is 1. The average molecular weight is 229 g/mol. The topological polar surface area (TPSA) is 12.0 Å². The fourth-order valence-electron chi connectivity index (χ4n) is 2.31. The van der Waals surface area contributed by atoms with Crippen molar-refractivity contribution in [2.45, 2.75) is 70.1 Å². The Morgan fingerprint density at radius 2 is 1.87 bits per heavy atom. The van der Waals surface area contributed by atoms with Crippen LogP contribution in [0.25, 0.3) is 0 Å². The quantitative estimate of drug-likeness (QED) is 0.695. The molecule has 0 bridgehead atoms. The highest BCUT2D eigenvalue weighted by molar-refractivity contribution is 7.99. The Labute approximate surface area is 99.8 Å². The van der Waals surface area contributed by atoms with E-state index in [0.29, 0.717) is 0 Å². The molecule has 0 radical (unpaired) electrons. The molecule has 0 aromatic carbocycles. The molecular weight excluding hydrogens is 202 g/mol. The van der Waals surface area contributed by atoms with Crippen molar-refractivity contribution in [2.75, 3.05) is 12.3 Å². The molecule has 0 heterocycles. The third kappa shape index (κ3) is 5.26. The van der Waals surface area contributed by atoms with Crippen molar-refractivity contribution in [1.82, 2.24) is 5.32 Å². The number of hydrogen-bond acceptors (Lipinski definition) is 2. The van der Waals surface area contributed by atoms with E-state index in [1.807, 2.05) is 0 Å². The SMILES string of the molecule is CCCNC1CCCCCC1SCCC. The molecule has 1 nitrogen and oxygen atoms in total. The first kappa shape index (κ1) is 13.4. The molecule has 2 atom stereocenters. The van der Waals surface area contributed by atoms with Gasteiger partial charge >= 0.3 is 0 Å². The first-order valence-electron chi connectivity index (χ1n) is 6.73. The van der Waals surface area contributed by atoms with Crippen molar-refractivity contribution in [2.24, 2.45) is 0 Å². The molecule has 1 aliphatic carbocycles.